The molecule has 0 saturated heterocycles. The number of nitrogens with one attached hydrogen (secondary N) is 1. The highest BCUT2D eigenvalue weighted by Gasteiger charge is 2.14. The quantitative estimate of drug-likeness (QED) is 0.651. The maximum atomic E-state index is 11.9. The number of thiazole rings is 1. The first-order valence-corrected chi connectivity index (χ1v) is 9.77. The number of hydrogen-bond donors (Lipinski definition) is 1. The number of aromatic nitrogens is 4. The van der Waals surface area contributed by atoms with Gasteiger partial charge < -0.3 is 9.88 Å². The van der Waals surface area contributed by atoms with Crippen molar-refractivity contribution >= 4 is 45.5 Å². The van der Waals surface area contributed by atoms with E-state index in [4.69, 9.17) is 0 Å². The standard InChI is InChI=1S/C14H15N5OS3/c1-2-19-11(8-10-4-3-6-21-10)17-18-14(19)23-9-12(20)16-13-15-5-7-22-13/h3-7H,2,8-9H2,1H3,(H,15,16,20). The average Bonchev–Trinajstić information content (AvgIpc) is 3.27. The molecule has 0 bridgehead atoms. The summed E-state index contributed by atoms with van der Waals surface area (Å²) in [5, 5.41) is 16.5. The van der Waals surface area contributed by atoms with Gasteiger partial charge in [0.15, 0.2) is 10.3 Å². The molecule has 3 heterocycles. The minimum Gasteiger partial charge on any atom is -0.306 e. The van der Waals surface area contributed by atoms with Gasteiger partial charge in [-0.1, -0.05) is 17.8 Å². The lowest BCUT2D eigenvalue weighted by Crippen LogP contribution is -2.14. The molecule has 0 aromatic carbocycles. The third-order valence-electron chi connectivity index (χ3n) is 3.03. The molecule has 23 heavy (non-hydrogen) atoms. The SMILES string of the molecule is CCn1c(Cc2cccs2)nnc1SCC(=O)Nc1nccs1. The Hall–Kier alpha value is -1.71. The van der Waals surface area contributed by atoms with Gasteiger partial charge in [0.05, 0.1) is 5.75 Å². The smallest absolute Gasteiger partial charge is 0.236 e. The molecule has 1 amide bonds. The van der Waals surface area contributed by atoms with E-state index in [0.29, 0.717) is 5.13 Å². The van der Waals surface area contributed by atoms with E-state index in [1.54, 1.807) is 17.5 Å². The lowest BCUT2D eigenvalue weighted by molar-refractivity contribution is -0.113. The number of anilines is 1. The van der Waals surface area contributed by atoms with Crippen LogP contribution in [0.15, 0.2) is 34.2 Å². The topological polar surface area (TPSA) is 72.7 Å². The van der Waals surface area contributed by atoms with Gasteiger partial charge in [0, 0.05) is 29.4 Å². The van der Waals surface area contributed by atoms with E-state index in [-0.39, 0.29) is 11.7 Å². The van der Waals surface area contributed by atoms with E-state index in [2.05, 4.69) is 43.4 Å². The van der Waals surface area contributed by atoms with Crippen LogP contribution in [-0.4, -0.2) is 31.4 Å². The Labute approximate surface area is 146 Å². The van der Waals surface area contributed by atoms with Crippen molar-refractivity contribution in [3.63, 3.8) is 0 Å². The van der Waals surface area contributed by atoms with Crippen LogP contribution in [0.1, 0.15) is 17.6 Å². The van der Waals surface area contributed by atoms with Crippen LogP contribution in [0, 0.1) is 0 Å². The molecule has 0 saturated carbocycles. The van der Waals surface area contributed by atoms with Gasteiger partial charge in [-0.05, 0) is 18.4 Å². The molecule has 0 fully saturated rings. The summed E-state index contributed by atoms with van der Waals surface area (Å²) in [6.07, 6.45) is 2.43. The Kier molecular flexibility index (Phi) is 5.42. The van der Waals surface area contributed by atoms with Crippen molar-refractivity contribution in [3.8, 4) is 0 Å². The summed E-state index contributed by atoms with van der Waals surface area (Å²) < 4.78 is 2.06. The maximum Gasteiger partial charge on any atom is 0.236 e. The summed E-state index contributed by atoms with van der Waals surface area (Å²) in [6.45, 7) is 2.84. The van der Waals surface area contributed by atoms with Crippen molar-refractivity contribution in [3.05, 3.63) is 39.8 Å². The predicted octanol–water partition coefficient (Wildman–Crippen LogP) is 3.14. The number of thioether (sulfide) groups is 1. The highest BCUT2D eigenvalue weighted by atomic mass is 32.2. The van der Waals surface area contributed by atoms with E-state index in [1.165, 1.54) is 28.0 Å². The molecule has 3 rings (SSSR count). The minimum atomic E-state index is -0.0876. The fraction of sp³-hybridized carbons (Fsp3) is 0.286. The van der Waals surface area contributed by atoms with Gasteiger partial charge in [-0.25, -0.2) is 4.98 Å². The van der Waals surface area contributed by atoms with Gasteiger partial charge in [-0.2, -0.15) is 0 Å². The van der Waals surface area contributed by atoms with Crippen LogP contribution in [-0.2, 0) is 17.8 Å². The first-order chi connectivity index (χ1) is 11.3. The predicted molar refractivity (Wildman–Crippen MR) is 94.3 cm³/mol. The van der Waals surface area contributed by atoms with Crippen LogP contribution in [0.3, 0.4) is 0 Å². The Bertz CT molecular complexity index is 752. The molecular weight excluding hydrogens is 350 g/mol. The molecule has 0 spiro atoms. The summed E-state index contributed by atoms with van der Waals surface area (Å²) >= 11 is 4.50. The summed E-state index contributed by atoms with van der Waals surface area (Å²) in [6, 6.07) is 4.12. The van der Waals surface area contributed by atoms with Gasteiger partial charge in [0.1, 0.15) is 5.82 Å². The molecule has 0 aliphatic rings. The molecule has 1 N–H and O–H groups in total. The Morgan fingerprint density at radius 1 is 1.35 bits per heavy atom. The third kappa shape index (κ3) is 4.18. The third-order valence-corrected chi connectivity index (χ3v) is 5.56. The lowest BCUT2D eigenvalue weighted by Gasteiger charge is -2.06. The van der Waals surface area contributed by atoms with Crippen LogP contribution in [0.5, 0.6) is 0 Å². The lowest BCUT2D eigenvalue weighted by atomic mass is 10.3. The van der Waals surface area contributed by atoms with Crippen molar-refractivity contribution in [2.45, 2.75) is 25.0 Å². The van der Waals surface area contributed by atoms with Crippen molar-refractivity contribution < 1.29 is 4.79 Å². The Morgan fingerprint density at radius 3 is 2.96 bits per heavy atom. The molecule has 0 aliphatic heterocycles. The van der Waals surface area contributed by atoms with Crippen molar-refractivity contribution in [1.29, 1.82) is 0 Å². The largest absolute Gasteiger partial charge is 0.306 e. The van der Waals surface area contributed by atoms with Gasteiger partial charge in [0.25, 0.3) is 0 Å². The number of hydrogen-bond acceptors (Lipinski definition) is 7. The summed E-state index contributed by atoms with van der Waals surface area (Å²) in [7, 11) is 0. The zero-order valence-electron chi connectivity index (χ0n) is 12.4. The van der Waals surface area contributed by atoms with Gasteiger partial charge in [0.2, 0.25) is 5.91 Å². The number of amides is 1. The molecule has 0 aliphatic carbocycles. The van der Waals surface area contributed by atoms with Gasteiger partial charge >= 0.3 is 0 Å². The van der Waals surface area contributed by atoms with Crippen LogP contribution in [0.25, 0.3) is 0 Å². The normalized spacial score (nSPS) is 10.8. The van der Waals surface area contributed by atoms with Crippen molar-refractivity contribution in [1.82, 2.24) is 19.7 Å². The highest BCUT2D eigenvalue weighted by Crippen LogP contribution is 2.21. The second-order valence-corrected chi connectivity index (χ2v) is 7.44. The summed E-state index contributed by atoms with van der Waals surface area (Å²) in [4.78, 5) is 17.2. The monoisotopic (exact) mass is 365 g/mol. The molecule has 0 atom stereocenters. The Balaban J connectivity index is 1.61. The molecular formula is C14H15N5OS3. The van der Waals surface area contributed by atoms with Crippen LogP contribution in [0.2, 0.25) is 0 Å². The van der Waals surface area contributed by atoms with E-state index < -0.39 is 0 Å². The Morgan fingerprint density at radius 2 is 2.26 bits per heavy atom. The number of rotatable bonds is 7. The molecule has 3 aromatic heterocycles. The molecule has 0 unspecified atom stereocenters. The highest BCUT2D eigenvalue weighted by molar-refractivity contribution is 7.99. The van der Waals surface area contributed by atoms with Crippen molar-refractivity contribution in [2.75, 3.05) is 11.1 Å². The van der Waals surface area contributed by atoms with Crippen LogP contribution >= 0.6 is 34.4 Å². The molecule has 9 heteroatoms. The average molecular weight is 366 g/mol. The first-order valence-electron chi connectivity index (χ1n) is 7.03. The van der Waals surface area contributed by atoms with Crippen LogP contribution in [0.4, 0.5) is 5.13 Å². The molecule has 6 nitrogen and oxygen atoms in total. The number of nitrogens with zero attached hydrogens (tertiary/aromatic N) is 4. The molecule has 0 radical (unpaired) electrons. The van der Waals surface area contributed by atoms with Gasteiger partial charge in [-0.15, -0.1) is 32.9 Å². The van der Waals surface area contributed by atoms with Crippen LogP contribution < -0.4 is 5.32 Å². The summed E-state index contributed by atoms with van der Waals surface area (Å²) in [5.41, 5.74) is 0. The number of thiophene rings is 1. The zero-order valence-corrected chi connectivity index (χ0v) is 14.9. The minimum absolute atomic E-state index is 0.0876. The van der Waals surface area contributed by atoms with E-state index >= 15 is 0 Å². The summed E-state index contributed by atoms with van der Waals surface area (Å²) in [5.74, 6) is 1.13. The van der Waals surface area contributed by atoms with E-state index in [1.807, 2.05) is 11.4 Å². The second kappa shape index (κ2) is 7.71. The molecule has 3 aromatic rings. The second-order valence-electron chi connectivity index (χ2n) is 4.57. The fourth-order valence-electron chi connectivity index (χ4n) is 2.01. The molecule has 120 valence electrons. The first kappa shape index (κ1) is 16.2. The van der Waals surface area contributed by atoms with Crippen molar-refractivity contribution in [2.24, 2.45) is 0 Å². The van der Waals surface area contributed by atoms with E-state index in [9.17, 15) is 4.79 Å². The zero-order chi connectivity index (χ0) is 16.1. The fourth-order valence-corrected chi connectivity index (χ4v) is 4.08. The number of carbonyl (C=O) groups excluding carboxylic acids is 1. The van der Waals surface area contributed by atoms with E-state index in [0.717, 1.165) is 23.9 Å². The maximum absolute atomic E-state index is 11.9. The number of carbonyl (C=O) groups is 1. The van der Waals surface area contributed by atoms with Gasteiger partial charge in [-0.3, -0.25) is 4.79 Å².